The normalized spacial score (nSPS) is 11.6. The minimum atomic E-state index is 0.743. The lowest BCUT2D eigenvalue weighted by molar-refractivity contribution is 0.136. The number of benzene rings is 1. The van der Waals surface area contributed by atoms with Crippen molar-refractivity contribution in [2.75, 3.05) is 32.8 Å². The van der Waals surface area contributed by atoms with Crippen molar-refractivity contribution < 1.29 is 4.74 Å². The fraction of sp³-hybridized carbons (Fsp3) is 0.524. The Morgan fingerprint density at radius 3 is 2.63 bits per heavy atom. The van der Waals surface area contributed by atoms with Gasteiger partial charge in [0, 0.05) is 37.5 Å². The van der Waals surface area contributed by atoms with Crippen LogP contribution >= 0.6 is 11.3 Å². The van der Waals surface area contributed by atoms with Crippen LogP contribution in [0.2, 0.25) is 0 Å². The molecule has 0 saturated carbocycles. The number of aliphatic imine (C=N–C) groups is 1. The number of ether oxygens (including phenoxy) is 1. The lowest BCUT2D eigenvalue weighted by atomic mass is 10.2. The highest BCUT2D eigenvalue weighted by Gasteiger charge is 2.04. The molecule has 0 fully saturated rings. The standard InChI is InChI=1S/C21H32N4OS/c1-4-22-21(24-14-11-20-25-17(2)18(3)27-20)23-13-8-15-26-16-12-19-9-6-5-7-10-19/h5-7,9-10H,4,8,11-16H2,1-3H3,(H2,22,23,24). The number of rotatable bonds is 11. The van der Waals surface area contributed by atoms with Crippen LogP contribution in [-0.2, 0) is 17.6 Å². The van der Waals surface area contributed by atoms with E-state index in [2.05, 4.69) is 65.6 Å². The molecule has 2 aromatic rings. The van der Waals surface area contributed by atoms with E-state index in [0.717, 1.165) is 63.8 Å². The number of thiazole rings is 1. The van der Waals surface area contributed by atoms with Crippen molar-refractivity contribution in [1.29, 1.82) is 0 Å². The highest BCUT2D eigenvalue weighted by molar-refractivity contribution is 7.11. The summed E-state index contributed by atoms with van der Waals surface area (Å²) in [5, 5.41) is 7.86. The minimum absolute atomic E-state index is 0.743. The van der Waals surface area contributed by atoms with E-state index in [0.29, 0.717) is 0 Å². The second-order valence-corrected chi connectivity index (χ2v) is 7.68. The van der Waals surface area contributed by atoms with E-state index in [1.807, 2.05) is 6.07 Å². The molecule has 0 spiro atoms. The van der Waals surface area contributed by atoms with E-state index in [1.54, 1.807) is 11.3 Å². The van der Waals surface area contributed by atoms with Gasteiger partial charge in [-0.05, 0) is 39.2 Å². The molecule has 0 aliphatic rings. The fourth-order valence-corrected chi connectivity index (χ4v) is 3.50. The summed E-state index contributed by atoms with van der Waals surface area (Å²) >= 11 is 1.78. The van der Waals surface area contributed by atoms with Crippen LogP contribution in [0.25, 0.3) is 0 Å². The van der Waals surface area contributed by atoms with Crippen LogP contribution in [0.5, 0.6) is 0 Å². The van der Waals surface area contributed by atoms with Gasteiger partial charge in [0.2, 0.25) is 0 Å². The van der Waals surface area contributed by atoms with E-state index in [-0.39, 0.29) is 0 Å². The Morgan fingerprint density at radius 2 is 1.93 bits per heavy atom. The Hall–Kier alpha value is -1.92. The predicted molar refractivity (Wildman–Crippen MR) is 115 cm³/mol. The first kappa shape index (κ1) is 21.4. The molecule has 1 aromatic heterocycles. The van der Waals surface area contributed by atoms with Gasteiger partial charge in [-0.1, -0.05) is 30.3 Å². The number of aromatic nitrogens is 1. The van der Waals surface area contributed by atoms with Crippen molar-refractivity contribution in [2.24, 2.45) is 4.99 Å². The first-order chi connectivity index (χ1) is 13.2. The van der Waals surface area contributed by atoms with Gasteiger partial charge < -0.3 is 15.4 Å². The second kappa shape index (κ2) is 12.5. The summed E-state index contributed by atoms with van der Waals surface area (Å²) < 4.78 is 5.71. The Bertz CT molecular complexity index is 665. The van der Waals surface area contributed by atoms with Crippen molar-refractivity contribution >= 4 is 17.3 Å². The van der Waals surface area contributed by atoms with Gasteiger partial charge in [0.1, 0.15) is 0 Å². The number of aryl methyl sites for hydroxylation is 2. The number of hydrogen-bond donors (Lipinski definition) is 2. The average molecular weight is 389 g/mol. The maximum absolute atomic E-state index is 5.71. The van der Waals surface area contributed by atoms with Crippen LogP contribution in [0, 0.1) is 13.8 Å². The van der Waals surface area contributed by atoms with E-state index in [9.17, 15) is 0 Å². The highest BCUT2D eigenvalue weighted by atomic mass is 32.1. The lowest BCUT2D eigenvalue weighted by Gasteiger charge is -2.10. The monoisotopic (exact) mass is 388 g/mol. The molecule has 1 aromatic carbocycles. The Kier molecular flexibility index (Phi) is 9.87. The summed E-state index contributed by atoms with van der Waals surface area (Å²) in [6, 6.07) is 10.4. The molecule has 0 aliphatic heterocycles. The third-order valence-corrected chi connectivity index (χ3v) is 5.28. The molecule has 5 nitrogen and oxygen atoms in total. The molecule has 1 heterocycles. The smallest absolute Gasteiger partial charge is 0.191 e. The van der Waals surface area contributed by atoms with Crippen molar-refractivity contribution in [2.45, 2.75) is 40.0 Å². The Balaban J connectivity index is 1.59. The van der Waals surface area contributed by atoms with Crippen molar-refractivity contribution in [1.82, 2.24) is 15.6 Å². The topological polar surface area (TPSA) is 58.5 Å². The first-order valence-electron chi connectivity index (χ1n) is 9.75. The summed E-state index contributed by atoms with van der Waals surface area (Å²) in [4.78, 5) is 10.5. The maximum Gasteiger partial charge on any atom is 0.191 e. The molecule has 6 heteroatoms. The zero-order valence-electron chi connectivity index (χ0n) is 16.8. The van der Waals surface area contributed by atoms with Gasteiger partial charge in [-0.15, -0.1) is 11.3 Å². The van der Waals surface area contributed by atoms with Gasteiger partial charge in [0.15, 0.2) is 5.96 Å². The van der Waals surface area contributed by atoms with Crippen molar-refractivity contribution in [3.63, 3.8) is 0 Å². The van der Waals surface area contributed by atoms with Gasteiger partial charge in [0.25, 0.3) is 0 Å². The molecule has 0 unspecified atom stereocenters. The molecule has 0 amide bonds. The zero-order chi connectivity index (χ0) is 19.3. The molecular weight excluding hydrogens is 356 g/mol. The second-order valence-electron chi connectivity index (χ2n) is 6.39. The lowest BCUT2D eigenvalue weighted by Crippen LogP contribution is -2.38. The van der Waals surface area contributed by atoms with Gasteiger partial charge in [-0.25, -0.2) is 4.98 Å². The molecular formula is C21H32N4OS. The molecule has 148 valence electrons. The number of hydrogen-bond acceptors (Lipinski definition) is 4. The average Bonchev–Trinajstić information content (AvgIpc) is 2.99. The van der Waals surface area contributed by atoms with Crippen LogP contribution in [0.3, 0.4) is 0 Å². The quantitative estimate of drug-likeness (QED) is 0.351. The number of nitrogens with one attached hydrogen (secondary N) is 2. The molecule has 0 atom stereocenters. The number of guanidine groups is 1. The molecule has 0 bridgehead atoms. The third kappa shape index (κ3) is 8.54. The van der Waals surface area contributed by atoms with Gasteiger partial charge in [-0.3, -0.25) is 4.99 Å². The molecule has 2 rings (SSSR count). The summed E-state index contributed by atoms with van der Waals surface area (Å²) in [6.45, 7) is 10.2. The van der Waals surface area contributed by atoms with Gasteiger partial charge in [-0.2, -0.15) is 0 Å². The Labute approximate surface area is 167 Å². The SMILES string of the molecule is CCNC(=NCCCOCCc1ccccc1)NCCc1nc(C)c(C)s1. The fourth-order valence-electron chi connectivity index (χ4n) is 2.57. The van der Waals surface area contributed by atoms with Crippen LogP contribution in [0.15, 0.2) is 35.3 Å². The minimum Gasteiger partial charge on any atom is -0.381 e. The van der Waals surface area contributed by atoms with E-state index < -0.39 is 0 Å². The summed E-state index contributed by atoms with van der Waals surface area (Å²) in [5.74, 6) is 0.867. The van der Waals surface area contributed by atoms with Crippen LogP contribution < -0.4 is 10.6 Å². The predicted octanol–water partition coefficient (Wildman–Crippen LogP) is 3.51. The van der Waals surface area contributed by atoms with Crippen molar-refractivity contribution in [3.05, 3.63) is 51.5 Å². The van der Waals surface area contributed by atoms with Crippen LogP contribution in [0.1, 0.15) is 34.5 Å². The highest BCUT2D eigenvalue weighted by Crippen LogP contribution is 2.16. The Morgan fingerprint density at radius 1 is 1.11 bits per heavy atom. The molecule has 0 radical (unpaired) electrons. The van der Waals surface area contributed by atoms with E-state index >= 15 is 0 Å². The summed E-state index contributed by atoms with van der Waals surface area (Å²) in [7, 11) is 0. The summed E-state index contributed by atoms with van der Waals surface area (Å²) in [5.41, 5.74) is 2.46. The summed E-state index contributed by atoms with van der Waals surface area (Å²) in [6.07, 6.45) is 2.81. The zero-order valence-corrected chi connectivity index (χ0v) is 17.6. The van der Waals surface area contributed by atoms with Crippen LogP contribution in [-0.4, -0.2) is 43.8 Å². The number of nitrogens with zero attached hydrogens (tertiary/aromatic N) is 2. The van der Waals surface area contributed by atoms with Crippen LogP contribution in [0.4, 0.5) is 0 Å². The maximum atomic E-state index is 5.71. The molecule has 0 aliphatic carbocycles. The van der Waals surface area contributed by atoms with E-state index in [1.165, 1.54) is 15.4 Å². The first-order valence-corrected chi connectivity index (χ1v) is 10.6. The molecule has 0 saturated heterocycles. The molecule has 2 N–H and O–H groups in total. The van der Waals surface area contributed by atoms with Gasteiger partial charge in [0.05, 0.1) is 17.3 Å². The van der Waals surface area contributed by atoms with Gasteiger partial charge >= 0.3 is 0 Å². The van der Waals surface area contributed by atoms with Crippen molar-refractivity contribution in [3.8, 4) is 0 Å². The largest absolute Gasteiger partial charge is 0.381 e. The third-order valence-electron chi connectivity index (χ3n) is 4.14. The molecule has 27 heavy (non-hydrogen) atoms. The van der Waals surface area contributed by atoms with E-state index in [4.69, 9.17) is 4.74 Å².